The number of carbonyl (C=O) groups is 1. The molecule has 2 aliphatic rings. The molecule has 11 nitrogen and oxygen atoms in total. The predicted octanol–water partition coefficient (Wildman–Crippen LogP) is 4.43. The highest BCUT2D eigenvalue weighted by Gasteiger charge is 2.52. The zero-order valence-electron chi connectivity index (χ0n) is 21.7. The van der Waals surface area contributed by atoms with Gasteiger partial charge in [-0.05, 0) is 57.9 Å². The highest BCUT2D eigenvalue weighted by Crippen LogP contribution is 2.40. The number of aromatic nitrogens is 4. The molecule has 4 heterocycles. The molecule has 3 aromatic rings. The van der Waals surface area contributed by atoms with Crippen molar-refractivity contribution in [2.45, 2.75) is 70.0 Å². The molecular formula is C26H30FN5O6. The molecule has 0 saturated carbocycles. The minimum atomic E-state index is -1.37. The van der Waals surface area contributed by atoms with Crippen LogP contribution in [-0.2, 0) is 9.47 Å². The average Bonchev–Trinajstić information content (AvgIpc) is 3.54. The van der Waals surface area contributed by atoms with Crippen molar-refractivity contribution in [1.29, 1.82) is 0 Å². The van der Waals surface area contributed by atoms with Crippen molar-refractivity contribution in [3.8, 4) is 34.3 Å². The van der Waals surface area contributed by atoms with Gasteiger partial charge in [0.2, 0.25) is 18.2 Å². The van der Waals surface area contributed by atoms with E-state index in [1.54, 1.807) is 56.0 Å². The van der Waals surface area contributed by atoms with Crippen LogP contribution in [0.2, 0.25) is 0 Å². The highest BCUT2D eigenvalue weighted by atomic mass is 19.1. The third-order valence-electron chi connectivity index (χ3n) is 6.49. The standard InChI is InChI=1S/C26H30FN5O6/c1-26(2,3)38-25(33)32-16-6-9-19(32)23(27)21(12-16)37-22-10-8-18(29-30-22)17-7-5-15(24-31-28-13-35-24)11-20(17)36-14-34-4/h5,7-8,10-11,13,16,19,21,23H,6,9,12,14H2,1-4H3/t16-,19+,21-,23+/m1/s1. The molecule has 38 heavy (non-hydrogen) atoms. The number of rotatable bonds is 7. The number of ether oxygens (including phenoxy) is 4. The first kappa shape index (κ1) is 25.8. The number of benzene rings is 1. The van der Waals surface area contributed by atoms with E-state index in [2.05, 4.69) is 20.4 Å². The summed E-state index contributed by atoms with van der Waals surface area (Å²) in [5, 5.41) is 16.1. The van der Waals surface area contributed by atoms with Crippen LogP contribution in [0.4, 0.5) is 9.18 Å². The SMILES string of the molecule is COCOc1cc(-c2nnco2)ccc1-c1ccc(O[C@@H]2C[C@H]3CC[C@@H]([C@@H]2F)N3C(=O)OC(C)(C)C)nn1. The van der Waals surface area contributed by atoms with Gasteiger partial charge in [0.05, 0.1) is 11.7 Å². The zero-order valence-corrected chi connectivity index (χ0v) is 21.7. The number of hydrogen-bond donors (Lipinski definition) is 0. The number of nitrogens with zero attached hydrogens (tertiary/aromatic N) is 5. The van der Waals surface area contributed by atoms with Gasteiger partial charge in [-0.2, -0.15) is 0 Å². The Labute approximate surface area is 219 Å². The fraction of sp³-hybridized carbons (Fsp3) is 0.500. The minimum Gasteiger partial charge on any atom is -0.470 e. The Morgan fingerprint density at radius 2 is 2.00 bits per heavy atom. The second-order valence-electron chi connectivity index (χ2n) is 10.3. The number of amides is 1. The lowest BCUT2D eigenvalue weighted by Crippen LogP contribution is -2.57. The van der Waals surface area contributed by atoms with E-state index in [0.717, 1.165) is 0 Å². The first-order valence-electron chi connectivity index (χ1n) is 12.4. The van der Waals surface area contributed by atoms with Gasteiger partial charge in [-0.25, -0.2) is 9.18 Å². The molecule has 2 aliphatic heterocycles. The molecule has 0 spiro atoms. The van der Waals surface area contributed by atoms with Crippen LogP contribution in [0.5, 0.6) is 11.6 Å². The molecule has 0 radical (unpaired) electrons. The maximum Gasteiger partial charge on any atom is 0.410 e. The number of piperidine rings is 1. The second-order valence-corrected chi connectivity index (χ2v) is 10.3. The van der Waals surface area contributed by atoms with Gasteiger partial charge in [0.25, 0.3) is 0 Å². The van der Waals surface area contributed by atoms with Crippen LogP contribution in [0.1, 0.15) is 40.0 Å². The van der Waals surface area contributed by atoms with Gasteiger partial charge in [-0.15, -0.1) is 20.4 Å². The Hall–Kier alpha value is -3.80. The molecule has 4 atom stereocenters. The molecule has 2 bridgehead atoms. The van der Waals surface area contributed by atoms with E-state index >= 15 is 4.39 Å². The molecule has 2 fully saturated rings. The monoisotopic (exact) mass is 527 g/mol. The molecule has 0 unspecified atom stereocenters. The molecule has 12 heteroatoms. The van der Waals surface area contributed by atoms with Gasteiger partial charge in [0, 0.05) is 36.8 Å². The highest BCUT2D eigenvalue weighted by molar-refractivity contribution is 5.72. The van der Waals surface area contributed by atoms with Crippen molar-refractivity contribution < 1.29 is 32.5 Å². The Morgan fingerprint density at radius 1 is 1.16 bits per heavy atom. The molecule has 1 amide bonds. The van der Waals surface area contributed by atoms with E-state index in [0.29, 0.717) is 47.7 Å². The summed E-state index contributed by atoms with van der Waals surface area (Å²) >= 11 is 0. The molecule has 5 rings (SSSR count). The summed E-state index contributed by atoms with van der Waals surface area (Å²) in [5.41, 5.74) is 1.22. The average molecular weight is 528 g/mol. The number of methoxy groups -OCH3 is 1. The molecule has 2 saturated heterocycles. The van der Waals surface area contributed by atoms with E-state index < -0.39 is 30.0 Å². The van der Waals surface area contributed by atoms with Crippen LogP contribution < -0.4 is 9.47 Å². The zero-order chi connectivity index (χ0) is 26.9. The predicted molar refractivity (Wildman–Crippen MR) is 132 cm³/mol. The summed E-state index contributed by atoms with van der Waals surface area (Å²) in [6.07, 6.45) is 0.295. The van der Waals surface area contributed by atoms with E-state index in [4.69, 9.17) is 23.4 Å². The number of fused-ring (bicyclic) bond motifs is 2. The van der Waals surface area contributed by atoms with Crippen LogP contribution in [0.15, 0.2) is 41.1 Å². The summed E-state index contributed by atoms with van der Waals surface area (Å²) in [5.74, 6) is 1.04. The maximum atomic E-state index is 15.5. The largest absolute Gasteiger partial charge is 0.470 e. The van der Waals surface area contributed by atoms with Crippen molar-refractivity contribution in [2.24, 2.45) is 0 Å². The van der Waals surface area contributed by atoms with Gasteiger partial charge >= 0.3 is 6.09 Å². The summed E-state index contributed by atoms with van der Waals surface area (Å²) in [6.45, 7) is 5.42. The third-order valence-corrected chi connectivity index (χ3v) is 6.49. The molecule has 0 aliphatic carbocycles. The van der Waals surface area contributed by atoms with E-state index in [9.17, 15) is 4.79 Å². The van der Waals surface area contributed by atoms with Crippen molar-refractivity contribution in [3.63, 3.8) is 0 Å². The summed E-state index contributed by atoms with van der Waals surface area (Å²) < 4.78 is 43.0. The van der Waals surface area contributed by atoms with E-state index in [1.165, 1.54) is 13.5 Å². The van der Waals surface area contributed by atoms with Gasteiger partial charge < -0.3 is 23.4 Å². The second kappa shape index (κ2) is 10.5. The lowest BCUT2D eigenvalue weighted by molar-refractivity contribution is -0.0412. The van der Waals surface area contributed by atoms with Crippen molar-refractivity contribution in [1.82, 2.24) is 25.3 Å². The van der Waals surface area contributed by atoms with Crippen LogP contribution >= 0.6 is 0 Å². The number of hydrogen-bond acceptors (Lipinski definition) is 10. The quantitative estimate of drug-likeness (QED) is 0.408. The van der Waals surface area contributed by atoms with E-state index in [1.807, 2.05) is 0 Å². The number of carbonyl (C=O) groups excluding carboxylic acids is 1. The van der Waals surface area contributed by atoms with Crippen LogP contribution in [0.25, 0.3) is 22.7 Å². The Morgan fingerprint density at radius 3 is 2.68 bits per heavy atom. The normalized spacial score (nSPS) is 22.8. The van der Waals surface area contributed by atoms with Crippen molar-refractivity contribution in [3.05, 3.63) is 36.7 Å². The lowest BCUT2D eigenvalue weighted by atomic mass is 9.98. The van der Waals surface area contributed by atoms with Gasteiger partial charge in [0.15, 0.2) is 13.0 Å². The molecular weight excluding hydrogens is 497 g/mol. The summed E-state index contributed by atoms with van der Waals surface area (Å²) in [4.78, 5) is 14.2. The first-order valence-corrected chi connectivity index (χ1v) is 12.4. The minimum absolute atomic E-state index is 0.0249. The number of alkyl halides is 1. The Balaban J connectivity index is 1.29. The van der Waals surface area contributed by atoms with Crippen LogP contribution in [-0.4, -0.2) is 75.3 Å². The molecule has 1 aromatic carbocycles. The molecule has 0 N–H and O–H groups in total. The van der Waals surface area contributed by atoms with Crippen LogP contribution in [0, 0.1) is 0 Å². The molecule has 2 aromatic heterocycles. The first-order chi connectivity index (χ1) is 18.2. The van der Waals surface area contributed by atoms with E-state index in [-0.39, 0.29) is 18.7 Å². The smallest absolute Gasteiger partial charge is 0.410 e. The lowest BCUT2D eigenvalue weighted by Gasteiger charge is -2.41. The Bertz CT molecular complexity index is 1250. The van der Waals surface area contributed by atoms with Crippen molar-refractivity contribution in [2.75, 3.05) is 13.9 Å². The third kappa shape index (κ3) is 5.40. The van der Waals surface area contributed by atoms with Crippen molar-refractivity contribution >= 4 is 6.09 Å². The van der Waals surface area contributed by atoms with Crippen LogP contribution in [0.3, 0.4) is 0 Å². The topological polar surface area (TPSA) is 122 Å². The number of halogens is 1. The maximum absolute atomic E-state index is 15.5. The molecule has 202 valence electrons. The fourth-order valence-corrected chi connectivity index (χ4v) is 4.90. The summed E-state index contributed by atoms with van der Waals surface area (Å²) in [6, 6.07) is 7.99. The van der Waals surface area contributed by atoms with Gasteiger partial charge in [-0.3, -0.25) is 4.90 Å². The fourth-order valence-electron chi connectivity index (χ4n) is 4.90. The summed E-state index contributed by atoms with van der Waals surface area (Å²) in [7, 11) is 1.52. The van der Waals surface area contributed by atoms with Gasteiger partial charge in [0.1, 0.15) is 17.5 Å². The van der Waals surface area contributed by atoms with Gasteiger partial charge in [-0.1, -0.05) is 0 Å². The Kier molecular flexibility index (Phi) is 7.15.